The van der Waals surface area contributed by atoms with Gasteiger partial charge in [-0.3, -0.25) is 9.59 Å². The van der Waals surface area contributed by atoms with Crippen LogP contribution in [0.3, 0.4) is 0 Å². The zero-order valence-corrected chi connectivity index (χ0v) is 13.9. The van der Waals surface area contributed by atoms with E-state index < -0.39 is 24.3 Å². The number of hydrogen-bond acceptors (Lipinski definition) is 4. The van der Waals surface area contributed by atoms with E-state index in [2.05, 4.69) is 0 Å². The van der Waals surface area contributed by atoms with Crippen LogP contribution in [0.1, 0.15) is 44.1 Å². The standard InChI is InChI=1S/C19H22O6/c20-17(21)10-16(19(23)24)15(14-8-4-5-9-14)11-18(22)25-12-13-6-2-1-3-7-13/h1-3,6-7,14H,4-5,8-12H2,(H,20,21)(H,23,24). The van der Waals surface area contributed by atoms with Gasteiger partial charge in [0.1, 0.15) is 6.61 Å². The molecule has 1 aromatic carbocycles. The maximum atomic E-state index is 12.2. The first-order valence-corrected chi connectivity index (χ1v) is 8.34. The predicted molar refractivity (Wildman–Crippen MR) is 89.7 cm³/mol. The lowest BCUT2D eigenvalue weighted by Gasteiger charge is -2.17. The molecule has 0 aromatic heterocycles. The van der Waals surface area contributed by atoms with Crippen molar-refractivity contribution in [1.29, 1.82) is 0 Å². The number of benzene rings is 1. The number of carbonyl (C=O) groups excluding carboxylic acids is 1. The molecule has 0 radical (unpaired) electrons. The third kappa shape index (κ3) is 5.74. The molecule has 1 aliphatic rings. The maximum absolute atomic E-state index is 12.2. The SMILES string of the molecule is O=C(O)CC(C(=O)O)=C(CC(=O)OCc1ccccc1)C1CCCC1. The molecule has 0 unspecified atom stereocenters. The van der Waals surface area contributed by atoms with Gasteiger partial charge in [0.25, 0.3) is 0 Å². The predicted octanol–water partition coefficient (Wildman–Crippen LogP) is 3.17. The van der Waals surface area contributed by atoms with E-state index in [0.29, 0.717) is 5.57 Å². The summed E-state index contributed by atoms with van der Waals surface area (Å²) < 4.78 is 5.24. The Hall–Kier alpha value is -2.63. The van der Waals surface area contributed by atoms with Crippen LogP contribution in [0.4, 0.5) is 0 Å². The van der Waals surface area contributed by atoms with Gasteiger partial charge in [-0.05, 0) is 29.9 Å². The van der Waals surface area contributed by atoms with E-state index in [-0.39, 0.29) is 24.5 Å². The van der Waals surface area contributed by atoms with Gasteiger partial charge in [-0.2, -0.15) is 0 Å². The first kappa shape index (κ1) is 18.7. The summed E-state index contributed by atoms with van der Waals surface area (Å²) in [4.78, 5) is 34.7. The van der Waals surface area contributed by atoms with Gasteiger partial charge in [0, 0.05) is 5.57 Å². The normalized spacial score (nSPS) is 15.5. The van der Waals surface area contributed by atoms with E-state index in [1.807, 2.05) is 30.3 Å². The number of rotatable bonds is 8. The van der Waals surface area contributed by atoms with Gasteiger partial charge in [0.15, 0.2) is 0 Å². The Balaban J connectivity index is 2.13. The van der Waals surface area contributed by atoms with E-state index in [1.54, 1.807) is 0 Å². The summed E-state index contributed by atoms with van der Waals surface area (Å²) in [7, 11) is 0. The minimum Gasteiger partial charge on any atom is -0.481 e. The van der Waals surface area contributed by atoms with Crippen LogP contribution in [-0.4, -0.2) is 28.1 Å². The number of aliphatic carboxylic acids is 2. The second-order valence-electron chi connectivity index (χ2n) is 6.18. The van der Waals surface area contributed by atoms with Crippen LogP contribution >= 0.6 is 0 Å². The van der Waals surface area contributed by atoms with Crippen LogP contribution in [0.5, 0.6) is 0 Å². The highest BCUT2D eigenvalue weighted by Crippen LogP contribution is 2.35. The second-order valence-corrected chi connectivity index (χ2v) is 6.18. The number of carbonyl (C=O) groups is 3. The molecule has 0 atom stereocenters. The molecule has 134 valence electrons. The van der Waals surface area contributed by atoms with Gasteiger partial charge in [-0.25, -0.2) is 4.79 Å². The van der Waals surface area contributed by atoms with E-state index in [9.17, 15) is 19.5 Å². The molecule has 0 spiro atoms. The number of hydrogen-bond donors (Lipinski definition) is 2. The Kier molecular flexibility index (Phi) is 6.74. The van der Waals surface area contributed by atoms with E-state index in [0.717, 1.165) is 31.2 Å². The minimum absolute atomic E-state index is 0.0604. The van der Waals surface area contributed by atoms with Crippen LogP contribution in [0, 0.1) is 5.92 Å². The molecule has 2 N–H and O–H groups in total. The van der Waals surface area contributed by atoms with Crippen molar-refractivity contribution in [2.75, 3.05) is 0 Å². The second kappa shape index (κ2) is 9.01. The lowest BCUT2D eigenvalue weighted by molar-refractivity contribution is -0.144. The van der Waals surface area contributed by atoms with Gasteiger partial charge < -0.3 is 14.9 Å². The quantitative estimate of drug-likeness (QED) is 0.554. The summed E-state index contributed by atoms with van der Waals surface area (Å²) in [5, 5.41) is 18.4. The highest BCUT2D eigenvalue weighted by Gasteiger charge is 2.28. The van der Waals surface area contributed by atoms with Gasteiger partial charge in [-0.15, -0.1) is 0 Å². The highest BCUT2D eigenvalue weighted by atomic mass is 16.5. The molecular formula is C19H22O6. The molecule has 0 amide bonds. The average molecular weight is 346 g/mol. The first-order valence-electron chi connectivity index (χ1n) is 8.34. The molecule has 1 aliphatic carbocycles. The van der Waals surface area contributed by atoms with Gasteiger partial charge in [0.05, 0.1) is 12.8 Å². The molecule has 0 bridgehead atoms. The molecule has 2 rings (SSSR count). The molecule has 6 heteroatoms. The molecule has 25 heavy (non-hydrogen) atoms. The zero-order valence-electron chi connectivity index (χ0n) is 13.9. The number of carboxylic acids is 2. The third-order valence-corrected chi connectivity index (χ3v) is 4.40. The Morgan fingerprint density at radius 2 is 1.64 bits per heavy atom. The lowest BCUT2D eigenvalue weighted by atomic mass is 9.89. The molecule has 0 heterocycles. The number of carboxylic acid groups (broad SMARTS) is 2. The summed E-state index contributed by atoms with van der Waals surface area (Å²) in [5.41, 5.74) is 1.06. The van der Waals surface area contributed by atoms with Crippen molar-refractivity contribution in [1.82, 2.24) is 0 Å². The van der Waals surface area contributed by atoms with Crippen molar-refractivity contribution in [3.63, 3.8) is 0 Å². The number of esters is 1. The van der Waals surface area contributed by atoms with Crippen molar-refractivity contribution < 1.29 is 29.3 Å². The minimum atomic E-state index is -1.28. The van der Waals surface area contributed by atoms with Gasteiger partial charge >= 0.3 is 17.9 Å². The monoisotopic (exact) mass is 346 g/mol. The lowest BCUT2D eigenvalue weighted by Crippen LogP contribution is -2.17. The van der Waals surface area contributed by atoms with Crippen LogP contribution in [0.15, 0.2) is 41.5 Å². The average Bonchev–Trinajstić information content (AvgIpc) is 3.11. The molecule has 1 saturated carbocycles. The summed E-state index contributed by atoms with van der Waals surface area (Å²) in [6.07, 6.45) is 2.69. The van der Waals surface area contributed by atoms with Gasteiger partial charge in [-0.1, -0.05) is 43.2 Å². The van der Waals surface area contributed by atoms with Crippen LogP contribution in [0.25, 0.3) is 0 Å². The molecule has 1 fully saturated rings. The van der Waals surface area contributed by atoms with Crippen molar-refractivity contribution in [2.45, 2.75) is 45.1 Å². The van der Waals surface area contributed by atoms with Crippen LogP contribution in [-0.2, 0) is 25.7 Å². The molecule has 1 aromatic rings. The first-order chi connectivity index (χ1) is 12.0. The van der Waals surface area contributed by atoms with E-state index >= 15 is 0 Å². The Labute approximate surface area is 146 Å². The van der Waals surface area contributed by atoms with Gasteiger partial charge in [0.2, 0.25) is 0 Å². The summed E-state index contributed by atoms with van der Waals surface area (Å²) in [5.74, 6) is -3.09. The van der Waals surface area contributed by atoms with Crippen molar-refractivity contribution >= 4 is 17.9 Å². The molecule has 0 aliphatic heterocycles. The Morgan fingerprint density at radius 1 is 1.00 bits per heavy atom. The van der Waals surface area contributed by atoms with E-state index in [1.165, 1.54) is 0 Å². The third-order valence-electron chi connectivity index (χ3n) is 4.40. The highest BCUT2D eigenvalue weighted by molar-refractivity contribution is 5.94. The molecule has 0 saturated heterocycles. The largest absolute Gasteiger partial charge is 0.481 e. The van der Waals surface area contributed by atoms with Crippen molar-refractivity contribution in [3.8, 4) is 0 Å². The van der Waals surface area contributed by atoms with E-state index in [4.69, 9.17) is 9.84 Å². The summed E-state index contributed by atoms with van der Waals surface area (Å²) in [6.45, 7) is 0.110. The molecule has 6 nitrogen and oxygen atoms in total. The summed E-state index contributed by atoms with van der Waals surface area (Å²) in [6, 6.07) is 9.18. The Bertz CT molecular complexity index is 656. The fourth-order valence-corrected chi connectivity index (χ4v) is 3.19. The Morgan fingerprint density at radius 3 is 2.20 bits per heavy atom. The number of ether oxygens (including phenoxy) is 1. The fourth-order valence-electron chi connectivity index (χ4n) is 3.19. The van der Waals surface area contributed by atoms with Crippen molar-refractivity contribution in [3.05, 3.63) is 47.0 Å². The maximum Gasteiger partial charge on any atom is 0.332 e. The molecular weight excluding hydrogens is 324 g/mol. The fraction of sp³-hybridized carbons (Fsp3) is 0.421. The summed E-state index contributed by atoms with van der Waals surface area (Å²) >= 11 is 0. The van der Waals surface area contributed by atoms with Crippen LogP contribution < -0.4 is 0 Å². The smallest absolute Gasteiger partial charge is 0.332 e. The van der Waals surface area contributed by atoms with Crippen LogP contribution in [0.2, 0.25) is 0 Å². The van der Waals surface area contributed by atoms with Crippen molar-refractivity contribution in [2.24, 2.45) is 5.92 Å². The topological polar surface area (TPSA) is 101 Å². The zero-order chi connectivity index (χ0) is 18.2.